The number of carbonyl (C=O) groups is 3. The Labute approximate surface area is 144 Å². The van der Waals surface area contributed by atoms with E-state index in [2.05, 4.69) is 10.6 Å². The number of rotatable bonds is 8. The van der Waals surface area contributed by atoms with E-state index < -0.39 is 35.7 Å². The maximum absolute atomic E-state index is 12.4. The van der Waals surface area contributed by atoms with E-state index in [-0.39, 0.29) is 18.3 Å². The largest absolute Gasteiger partial charge is 0.548 e. The Kier molecular flexibility index (Phi) is 8.78. The van der Waals surface area contributed by atoms with E-state index >= 15 is 0 Å². The highest BCUT2D eigenvalue weighted by molar-refractivity contribution is 5.88. The third kappa shape index (κ3) is 10.1. The molecule has 0 spiro atoms. The normalized spacial score (nSPS) is 14.2. The lowest BCUT2D eigenvalue weighted by atomic mass is 10.0. The summed E-state index contributed by atoms with van der Waals surface area (Å²) in [6, 6.07) is -1.96. The molecular formula is C17H31N2O5-. The molecule has 7 heteroatoms. The van der Waals surface area contributed by atoms with Crippen LogP contribution in [0.4, 0.5) is 4.79 Å². The number of nitrogens with one attached hydrogen (secondary N) is 2. The summed E-state index contributed by atoms with van der Waals surface area (Å²) in [5.41, 5.74) is -0.686. The molecule has 0 fully saturated rings. The minimum atomic E-state index is -1.34. The predicted octanol–water partition coefficient (Wildman–Crippen LogP) is 1.21. The van der Waals surface area contributed by atoms with E-state index in [1.165, 1.54) is 0 Å². The van der Waals surface area contributed by atoms with Crippen molar-refractivity contribution in [3.8, 4) is 0 Å². The molecule has 7 nitrogen and oxygen atoms in total. The van der Waals surface area contributed by atoms with Gasteiger partial charge in [-0.05, 0) is 45.4 Å². The van der Waals surface area contributed by atoms with Gasteiger partial charge in [0.2, 0.25) is 5.91 Å². The Morgan fingerprint density at radius 3 is 1.75 bits per heavy atom. The highest BCUT2D eigenvalue weighted by Crippen LogP contribution is 2.11. The van der Waals surface area contributed by atoms with Crippen molar-refractivity contribution in [2.75, 3.05) is 0 Å². The maximum Gasteiger partial charge on any atom is 0.408 e. The van der Waals surface area contributed by atoms with Crippen LogP contribution in [0.1, 0.15) is 61.3 Å². The molecule has 2 amide bonds. The van der Waals surface area contributed by atoms with Crippen molar-refractivity contribution in [2.45, 2.75) is 79.0 Å². The summed E-state index contributed by atoms with van der Waals surface area (Å²) >= 11 is 0. The Morgan fingerprint density at radius 1 is 0.917 bits per heavy atom. The van der Waals surface area contributed by atoms with Gasteiger partial charge >= 0.3 is 6.09 Å². The van der Waals surface area contributed by atoms with E-state index in [0.29, 0.717) is 6.42 Å². The zero-order chi connectivity index (χ0) is 19.1. The minimum Gasteiger partial charge on any atom is -0.548 e. The van der Waals surface area contributed by atoms with Crippen LogP contribution in [-0.4, -0.2) is 35.7 Å². The second kappa shape index (κ2) is 9.49. The van der Waals surface area contributed by atoms with Crippen LogP contribution in [0.15, 0.2) is 0 Å². The van der Waals surface area contributed by atoms with Gasteiger partial charge < -0.3 is 25.3 Å². The van der Waals surface area contributed by atoms with E-state index in [1.54, 1.807) is 20.8 Å². The smallest absolute Gasteiger partial charge is 0.408 e. The maximum atomic E-state index is 12.4. The van der Waals surface area contributed by atoms with Crippen LogP contribution >= 0.6 is 0 Å². The fraction of sp³-hybridized carbons (Fsp3) is 0.824. The molecule has 0 radical (unpaired) electrons. The van der Waals surface area contributed by atoms with Gasteiger partial charge in [0, 0.05) is 0 Å². The third-order valence-electron chi connectivity index (χ3n) is 3.02. The van der Waals surface area contributed by atoms with Gasteiger partial charge in [-0.3, -0.25) is 4.79 Å². The Morgan fingerprint density at radius 2 is 1.38 bits per heavy atom. The summed E-state index contributed by atoms with van der Waals surface area (Å²) < 4.78 is 5.16. The topological polar surface area (TPSA) is 108 Å². The first-order chi connectivity index (χ1) is 10.8. The van der Waals surface area contributed by atoms with E-state index in [4.69, 9.17) is 4.74 Å². The molecule has 0 aromatic heterocycles. The van der Waals surface area contributed by atoms with Crippen molar-refractivity contribution in [3.05, 3.63) is 0 Å². The molecule has 0 aliphatic rings. The lowest BCUT2D eigenvalue weighted by Gasteiger charge is -2.27. The average molecular weight is 343 g/mol. The Balaban J connectivity index is 4.98. The molecule has 0 aromatic carbocycles. The SMILES string of the molecule is CC(C)C[C@H](NC(=O)[C@H](CC(C)C)NC(=O)OC(C)(C)C)C(=O)[O-]. The number of carboxylic acid groups (broad SMARTS) is 1. The van der Waals surface area contributed by atoms with Gasteiger partial charge in [0.15, 0.2) is 0 Å². The van der Waals surface area contributed by atoms with Gasteiger partial charge in [0.1, 0.15) is 11.6 Å². The summed E-state index contributed by atoms with van der Waals surface area (Å²) in [6.45, 7) is 12.7. The third-order valence-corrected chi connectivity index (χ3v) is 3.02. The number of carbonyl (C=O) groups excluding carboxylic acids is 3. The summed E-state index contributed by atoms with van der Waals surface area (Å²) in [6.07, 6.45) is -0.0845. The number of aliphatic carboxylic acids is 1. The van der Waals surface area contributed by atoms with Crippen molar-refractivity contribution >= 4 is 18.0 Å². The van der Waals surface area contributed by atoms with Crippen molar-refractivity contribution in [3.63, 3.8) is 0 Å². The summed E-state index contributed by atoms with van der Waals surface area (Å²) in [5.74, 6) is -1.68. The number of ether oxygens (including phenoxy) is 1. The molecule has 0 aromatic rings. The molecule has 0 bridgehead atoms. The van der Waals surface area contributed by atoms with Crippen molar-refractivity contribution in [1.82, 2.24) is 10.6 Å². The molecule has 140 valence electrons. The molecular weight excluding hydrogens is 312 g/mol. The Bertz CT molecular complexity index is 441. The lowest BCUT2D eigenvalue weighted by Crippen LogP contribution is -2.55. The molecule has 2 atom stereocenters. The quantitative estimate of drug-likeness (QED) is 0.689. The van der Waals surface area contributed by atoms with E-state index in [1.807, 2.05) is 27.7 Å². The zero-order valence-electron chi connectivity index (χ0n) is 15.8. The van der Waals surface area contributed by atoms with Crippen molar-refractivity contribution < 1.29 is 24.2 Å². The summed E-state index contributed by atoms with van der Waals surface area (Å²) in [4.78, 5) is 35.5. The van der Waals surface area contributed by atoms with Crippen molar-refractivity contribution in [1.29, 1.82) is 0 Å². The van der Waals surface area contributed by atoms with Gasteiger partial charge in [-0.25, -0.2) is 4.79 Å². The van der Waals surface area contributed by atoms with Crippen LogP contribution in [-0.2, 0) is 14.3 Å². The Hall–Kier alpha value is -1.79. The van der Waals surface area contributed by atoms with Crippen molar-refractivity contribution in [2.24, 2.45) is 11.8 Å². The number of carboxylic acids is 1. The summed E-state index contributed by atoms with van der Waals surface area (Å²) in [7, 11) is 0. The first kappa shape index (κ1) is 22.2. The van der Waals surface area contributed by atoms with Gasteiger partial charge in [0.25, 0.3) is 0 Å². The van der Waals surface area contributed by atoms with Gasteiger partial charge in [-0.1, -0.05) is 27.7 Å². The van der Waals surface area contributed by atoms with E-state index in [0.717, 1.165) is 0 Å². The first-order valence-electron chi connectivity index (χ1n) is 8.32. The van der Waals surface area contributed by atoms with E-state index in [9.17, 15) is 19.5 Å². The van der Waals surface area contributed by atoms with Crippen LogP contribution in [0.3, 0.4) is 0 Å². The van der Waals surface area contributed by atoms with Crippen LogP contribution in [0, 0.1) is 11.8 Å². The van der Waals surface area contributed by atoms with Crippen LogP contribution < -0.4 is 15.7 Å². The second-order valence-electron chi connectivity index (χ2n) is 7.84. The fourth-order valence-electron chi connectivity index (χ4n) is 2.11. The molecule has 0 heterocycles. The van der Waals surface area contributed by atoms with Crippen LogP contribution in [0.25, 0.3) is 0 Å². The first-order valence-corrected chi connectivity index (χ1v) is 8.32. The van der Waals surface area contributed by atoms with Gasteiger partial charge in [-0.2, -0.15) is 0 Å². The molecule has 0 aliphatic carbocycles. The van der Waals surface area contributed by atoms with Crippen LogP contribution in [0.2, 0.25) is 0 Å². The fourth-order valence-corrected chi connectivity index (χ4v) is 2.11. The minimum absolute atomic E-state index is 0.0792. The molecule has 2 N–H and O–H groups in total. The van der Waals surface area contributed by atoms with Gasteiger partial charge in [-0.15, -0.1) is 0 Å². The second-order valence-corrected chi connectivity index (χ2v) is 7.84. The molecule has 0 rings (SSSR count). The lowest BCUT2D eigenvalue weighted by molar-refractivity contribution is -0.308. The van der Waals surface area contributed by atoms with Crippen LogP contribution in [0.5, 0.6) is 0 Å². The predicted molar refractivity (Wildman–Crippen MR) is 89.0 cm³/mol. The monoisotopic (exact) mass is 343 g/mol. The number of hydrogen-bond acceptors (Lipinski definition) is 5. The summed E-state index contributed by atoms with van der Waals surface area (Å²) in [5, 5.41) is 16.2. The number of hydrogen-bond donors (Lipinski definition) is 2. The highest BCUT2D eigenvalue weighted by atomic mass is 16.6. The standard InChI is InChI=1S/C17H32N2O5/c1-10(2)8-12(19-16(23)24-17(5,6)7)14(20)18-13(15(21)22)9-11(3)4/h10-13H,8-9H2,1-7H3,(H,18,20)(H,19,23)(H,21,22)/p-1/t12-,13-/m0/s1. The number of amides is 2. The average Bonchev–Trinajstić information content (AvgIpc) is 2.33. The molecule has 0 saturated heterocycles. The molecule has 0 unspecified atom stereocenters. The molecule has 24 heavy (non-hydrogen) atoms. The highest BCUT2D eigenvalue weighted by Gasteiger charge is 2.27. The zero-order valence-corrected chi connectivity index (χ0v) is 15.8. The number of alkyl carbamates (subject to hydrolysis) is 1. The molecule has 0 saturated carbocycles. The molecule has 0 aliphatic heterocycles. The van der Waals surface area contributed by atoms with Gasteiger partial charge in [0.05, 0.1) is 12.0 Å².